The highest BCUT2D eigenvalue weighted by atomic mass is 35.5. The van der Waals surface area contributed by atoms with Gasteiger partial charge in [0.15, 0.2) is 5.82 Å². The van der Waals surface area contributed by atoms with E-state index in [0.29, 0.717) is 15.9 Å². The van der Waals surface area contributed by atoms with Crippen molar-refractivity contribution in [2.45, 2.75) is 43.6 Å². The summed E-state index contributed by atoms with van der Waals surface area (Å²) in [6.07, 6.45) is 0.718. The number of ether oxygens (including phenoxy) is 1. The zero-order chi connectivity index (χ0) is 22.1. The van der Waals surface area contributed by atoms with E-state index in [1.807, 2.05) is 61.8 Å². The molecule has 1 amide bonds. The van der Waals surface area contributed by atoms with Gasteiger partial charge in [0.1, 0.15) is 11.0 Å². The molecule has 1 aliphatic rings. The van der Waals surface area contributed by atoms with Crippen LogP contribution in [0.4, 0.5) is 5.69 Å². The maximum atomic E-state index is 13.4. The van der Waals surface area contributed by atoms with Crippen molar-refractivity contribution in [3.05, 3.63) is 63.9 Å². The lowest BCUT2D eigenvalue weighted by Gasteiger charge is -2.33. The lowest BCUT2D eigenvalue weighted by molar-refractivity contribution is -0.116. The molecule has 0 bridgehead atoms. The number of hydrogen-bond donors (Lipinski definition) is 2. The normalized spacial score (nSPS) is 17.6. The lowest BCUT2D eigenvalue weighted by Crippen LogP contribution is -2.41. The molecule has 0 saturated carbocycles. The van der Waals surface area contributed by atoms with Gasteiger partial charge in [0.05, 0.1) is 18.2 Å². The number of halogens is 1. The summed E-state index contributed by atoms with van der Waals surface area (Å²) in [4.78, 5) is 13.4. The Hall–Kier alpha value is -2.71. The van der Waals surface area contributed by atoms with Gasteiger partial charge in [-0.05, 0) is 54.8 Å². The molecule has 31 heavy (non-hydrogen) atoms. The highest BCUT2D eigenvalue weighted by Crippen LogP contribution is 2.39. The fourth-order valence-corrected chi connectivity index (χ4v) is 4.85. The molecule has 0 unspecified atom stereocenters. The van der Waals surface area contributed by atoms with E-state index in [0.717, 1.165) is 29.1 Å². The lowest BCUT2D eigenvalue weighted by atomic mass is 10.0. The number of anilines is 1. The first kappa shape index (κ1) is 21.5. The van der Waals surface area contributed by atoms with Crippen molar-refractivity contribution in [3.63, 3.8) is 0 Å². The first-order chi connectivity index (χ1) is 14.9. The van der Waals surface area contributed by atoms with Crippen LogP contribution in [0.5, 0.6) is 5.75 Å². The van der Waals surface area contributed by atoms with Crippen LogP contribution in [0.25, 0.3) is 0 Å². The first-order valence-electron chi connectivity index (χ1n) is 10.00. The Labute approximate surface area is 190 Å². The molecule has 0 fully saturated rings. The summed E-state index contributed by atoms with van der Waals surface area (Å²) in [7, 11) is 1.58. The number of hydrogen-bond acceptors (Lipinski definition) is 6. The quantitative estimate of drug-likeness (QED) is 0.586. The van der Waals surface area contributed by atoms with Crippen LogP contribution in [-0.2, 0) is 11.2 Å². The molecule has 1 aromatic heterocycles. The third-order valence-corrected chi connectivity index (χ3v) is 6.90. The summed E-state index contributed by atoms with van der Waals surface area (Å²) in [6, 6.07) is 11.1. The molecule has 0 aliphatic carbocycles. The Morgan fingerprint density at radius 1 is 1.23 bits per heavy atom. The average molecular weight is 458 g/mol. The number of nitrogens with zero attached hydrogens (tertiary/aromatic N) is 3. The monoisotopic (exact) mass is 457 g/mol. The summed E-state index contributed by atoms with van der Waals surface area (Å²) < 4.78 is 7.13. The van der Waals surface area contributed by atoms with Crippen LogP contribution >= 0.6 is 23.4 Å². The second-order valence-electron chi connectivity index (χ2n) is 7.42. The van der Waals surface area contributed by atoms with Gasteiger partial charge in [-0.1, -0.05) is 42.4 Å². The van der Waals surface area contributed by atoms with E-state index in [9.17, 15) is 4.79 Å². The van der Waals surface area contributed by atoms with Crippen LogP contribution in [-0.4, -0.2) is 33.1 Å². The SMILES string of the molecule is CCc1nnc2n1N[C@H](c1ccc(OC)c(Cl)c1)[C@@H](C(=O)Nc1ccc(C)c(C)c1)S2. The van der Waals surface area contributed by atoms with Crippen LogP contribution < -0.4 is 15.5 Å². The fraction of sp³-hybridized carbons (Fsp3) is 0.318. The smallest absolute Gasteiger partial charge is 0.240 e. The van der Waals surface area contributed by atoms with E-state index in [-0.39, 0.29) is 11.9 Å². The van der Waals surface area contributed by atoms with Gasteiger partial charge < -0.3 is 15.5 Å². The van der Waals surface area contributed by atoms with Crippen molar-refractivity contribution in [1.29, 1.82) is 0 Å². The third kappa shape index (κ3) is 4.22. The van der Waals surface area contributed by atoms with Gasteiger partial charge in [-0.3, -0.25) is 4.79 Å². The molecule has 3 aromatic rings. The summed E-state index contributed by atoms with van der Waals surface area (Å²) in [6.45, 7) is 6.09. The van der Waals surface area contributed by atoms with Crippen LogP contribution in [0.1, 0.15) is 35.5 Å². The summed E-state index contributed by atoms with van der Waals surface area (Å²) in [5, 5.41) is 12.2. The van der Waals surface area contributed by atoms with Crippen molar-refractivity contribution in [1.82, 2.24) is 14.9 Å². The number of carbonyl (C=O) groups is 1. The van der Waals surface area contributed by atoms with E-state index in [2.05, 4.69) is 20.9 Å². The van der Waals surface area contributed by atoms with Crippen molar-refractivity contribution >= 4 is 35.0 Å². The highest BCUT2D eigenvalue weighted by molar-refractivity contribution is 8.00. The van der Waals surface area contributed by atoms with E-state index >= 15 is 0 Å². The van der Waals surface area contributed by atoms with Crippen LogP contribution in [0.2, 0.25) is 5.02 Å². The average Bonchev–Trinajstić information content (AvgIpc) is 3.17. The molecule has 0 radical (unpaired) electrons. The Kier molecular flexibility index (Phi) is 6.11. The Morgan fingerprint density at radius 2 is 2.03 bits per heavy atom. The Balaban J connectivity index is 1.69. The topological polar surface area (TPSA) is 81.1 Å². The third-order valence-electron chi connectivity index (χ3n) is 5.39. The molecular weight excluding hydrogens is 434 g/mol. The van der Waals surface area contributed by atoms with Gasteiger partial charge in [0, 0.05) is 12.1 Å². The number of benzene rings is 2. The van der Waals surface area contributed by atoms with E-state index in [4.69, 9.17) is 16.3 Å². The molecule has 1 aliphatic heterocycles. The zero-order valence-electron chi connectivity index (χ0n) is 17.8. The molecule has 2 N–H and O–H groups in total. The second-order valence-corrected chi connectivity index (χ2v) is 8.93. The van der Waals surface area contributed by atoms with Gasteiger partial charge in [0.2, 0.25) is 11.1 Å². The first-order valence-corrected chi connectivity index (χ1v) is 11.3. The molecule has 4 rings (SSSR count). The molecule has 162 valence electrons. The standard InChI is InChI=1S/C22H24ClN5O2S/c1-5-18-25-26-22-28(18)27-19(14-7-9-17(30-4)16(23)11-14)20(31-22)21(29)24-15-8-6-12(2)13(3)10-15/h6-11,19-20,27H,5H2,1-4H3,(H,24,29)/t19-,20+/m1/s1. The molecule has 2 atom stereocenters. The highest BCUT2D eigenvalue weighted by Gasteiger charge is 2.38. The Morgan fingerprint density at radius 3 is 2.71 bits per heavy atom. The Bertz CT molecular complexity index is 1130. The molecule has 2 aromatic carbocycles. The second kappa shape index (κ2) is 8.80. The number of rotatable bonds is 5. The van der Waals surface area contributed by atoms with Crippen molar-refractivity contribution < 1.29 is 9.53 Å². The van der Waals surface area contributed by atoms with Gasteiger partial charge in [-0.15, -0.1) is 10.2 Å². The molecule has 0 saturated heterocycles. The molecule has 2 heterocycles. The van der Waals surface area contributed by atoms with E-state index in [1.54, 1.807) is 7.11 Å². The summed E-state index contributed by atoms with van der Waals surface area (Å²) in [5.41, 5.74) is 7.37. The number of aryl methyl sites for hydroxylation is 3. The van der Waals surface area contributed by atoms with Gasteiger partial charge in [-0.2, -0.15) is 0 Å². The van der Waals surface area contributed by atoms with E-state index < -0.39 is 5.25 Å². The fourth-order valence-electron chi connectivity index (χ4n) is 3.49. The molecule has 0 spiro atoms. The van der Waals surface area contributed by atoms with Crippen molar-refractivity contribution in [2.75, 3.05) is 17.9 Å². The van der Waals surface area contributed by atoms with Crippen LogP contribution in [0, 0.1) is 13.8 Å². The molecule has 7 nitrogen and oxygen atoms in total. The summed E-state index contributed by atoms with van der Waals surface area (Å²) >= 11 is 7.77. The number of methoxy groups -OCH3 is 1. The minimum absolute atomic E-state index is 0.120. The molecular formula is C22H24ClN5O2S. The predicted octanol–water partition coefficient (Wildman–Crippen LogP) is 4.52. The maximum absolute atomic E-state index is 13.4. The maximum Gasteiger partial charge on any atom is 0.240 e. The van der Waals surface area contributed by atoms with Crippen molar-refractivity contribution in [2.24, 2.45) is 0 Å². The predicted molar refractivity (Wildman–Crippen MR) is 124 cm³/mol. The van der Waals surface area contributed by atoms with Crippen molar-refractivity contribution in [3.8, 4) is 5.75 Å². The minimum Gasteiger partial charge on any atom is -0.495 e. The summed E-state index contributed by atoms with van der Waals surface area (Å²) in [5.74, 6) is 1.27. The van der Waals surface area contributed by atoms with E-state index in [1.165, 1.54) is 17.3 Å². The number of amides is 1. The largest absolute Gasteiger partial charge is 0.495 e. The number of fused-ring (bicyclic) bond motifs is 1. The number of thioether (sulfide) groups is 1. The number of aromatic nitrogens is 3. The van der Waals surface area contributed by atoms with Crippen LogP contribution in [0.15, 0.2) is 41.6 Å². The number of carbonyl (C=O) groups excluding carboxylic acids is 1. The van der Waals surface area contributed by atoms with Gasteiger partial charge in [0.25, 0.3) is 0 Å². The van der Waals surface area contributed by atoms with Gasteiger partial charge >= 0.3 is 0 Å². The minimum atomic E-state index is -0.479. The zero-order valence-corrected chi connectivity index (χ0v) is 19.3. The number of nitrogens with one attached hydrogen (secondary N) is 2. The van der Waals surface area contributed by atoms with Crippen LogP contribution in [0.3, 0.4) is 0 Å². The molecule has 9 heteroatoms. The van der Waals surface area contributed by atoms with Gasteiger partial charge in [-0.25, -0.2) is 4.68 Å².